The van der Waals surface area contributed by atoms with Gasteiger partial charge in [-0.3, -0.25) is 4.79 Å². The largest absolute Gasteiger partial charge is 0.455 e. The zero-order chi connectivity index (χ0) is 19.2. The smallest absolute Gasteiger partial charge is 0.259 e. The topological polar surface area (TPSA) is 66.6 Å². The van der Waals surface area contributed by atoms with E-state index in [1.807, 2.05) is 55.5 Å². The second-order valence-corrected chi connectivity index (χ2v) is 7.47. The molecule has 0 unspecified atom stereocenters. The van der Waals surface area contributed by atoms with Gasteiger partial charge >= 0.3 is 0 Å². The van der Waals surface area contributed by atoms with Gasteiger partial charge < -0.3 is 9.73 Å². The molecule has 2 aromatic carbocycles. The number of furan rings is 1. The van der Waals surface area contributed by atoms with Gasteiger partial charge in [0.2, 0.25) is 0 Å². The third-order valence-electron chi connectivity index (χ3n) is 3.76. The van der Waals surface area contributed by atoms with Gasteiger partial charge in [-0.15, -0.1) is 0 Å². The van der Waals surface area contributed by atoms with Crippen LogP contribution in [0.3, 0.4) is 0 Å². The molecule has 138 valence electrons. The number of aryl methyl sites for hydroxylation is 1. The van der Waals surface area contributed by atoms with Crippen molar-refractivity contribution in [3.8, 4) is 11.3 Å². The van der Waals surface area contributed by atoms with Crippen LogP contribution in [0, 0.1) is 10.5 Å². The van der Waals surface area contributed by atoms with E-state index >= 15 is 0 Å². The highest BCUT2D eigenvalue weighted by Gasteiger charge is 2.06. The molecule has 0 saturated carbocycles. The van der Waals surface area contributed by atoms with Crippen molar-refractivity contribution >= 4 is 52.0 Å². The van der Waals surface area contributed by atoms with Crippen LogP contribution < -0.4 is 10.7 Å². The van der Waals surface area contributed by atoms with Crippen molar-refractivity contribution in [2.75, 3.05) is 11.9 Å². The Labute approximate surface area is 175 Å². The van der Waals surface area contributed by atoms with Crippen LogP contribution in [-0.2, 0) is 4.79 Å². The number of carbonyl (C=O) groups excluding carboxylic acids is 1. The van der Waals surface area contributed by atoms with Gasteiger partial charge in [-0.1, -0.05) is 23.7 Å². The van der Waals surface area contributed by atoms with E-state index in [4.69, 9.17) is 16.0 Å². The normalized spacial score (nSPS) is 10.9. The van der Waals surface area contributed by atoms with E-state index in [0.717, 1.165) is 20.4 Å². The van der Waals surface area contributed by atoms with E-state index in [9.17, 15) is 4.79 Å². The Morgan fingerprint density at radius 2 is 1.96 bits per heavy atom. The molecule has 0 fully saturated rings. The van der Waals surface area contributed by atoms with Crippen LogP contribution >= 0.6 is 34.2 Å². The van der Waals surface area contributed by atoms with Crippen LogP contribution in [0.15, 0.2) is 64.1 Å². The first-order valence-electron chi connectivity index (χ1n) is 8.19. The fourth-order valence-electron chi connectivity index (χ4n) is 2.28. The summed E-state index contributed by atoms with van der Waals surface area (Å²) in [7, 11) is 0. The first kappa shape index (κ1) is 19.4. The van der Waals surface area contributed by atoms with E-state index in [0.29, 0.717) is 16.5 Å². The molecule has 1 heterocycles. The number of nitrogens with zero attached hydrogens (tertiary/aromatic N) is 1. The lowest BCUT2D eigenvalue weighted by atomic mass is 10.1. The standard InChI is InChI=1S/C20H17ClIN3O2/c1-13-2-3-14(10-18(13)21)19-9-8-17(27-19)11-24-25-20(26)12-23-16-6-4-15(22)5-7-16/h2-11,23H,12H2,1H3,(H,25,26)/b24-11-. The van der Waals surface area contributed by atoms with E-state index in [2.05, 4.69) is 38.4 Å². The number of halogens is 2. The number of rotatable bonds is 6. The minimum atomic E-state index is -0.248. The molecule has 3 aromatic rings. The summed E-state index contributed by atoms with van der Waals surface area (Å²) in [6.45, 7) is 2.07. The maximum absolute atomic E-state index is 11.8. The minimum absolute atomic E-state index is 0.128. The predicted octanol–water partition coefficient (Wildman–Crippen LogP) is 5.08. The van der Waals surface area contributed by atoms with Crippen molar-refractivity contribution in [1.82, 2.24) is 5.43 Å². The zero-order valence-electron chi connectivity index (χ0n) is 14.5. The minimum Gasteiger partial charge on any atom is -0.455 e. The molecule has 7 heteroatoms. The molecule has 0 atom stereocenters. The van der Waals surface area contributed by atoms with Gasteiger partial charge in [-0.25, -0.2) is 5.43 Å². The molecule has 0 radical (unpaired) electrons. The average Bonchev–Trinajstić information content (AvgIpc) is 3.12. The van der Waals surface area contributed by atoms with Crippen LogP contribution in [0.25, 0.3) is 11.3 Å². The number of benzene rings is 2. The average molecular weight is 494 g/mol. The molecule has 0 spiro atoms. The molecule has 1 aromatic heterocycles. The summed E-state index contributed by atoms with van der Waals surface area (Å²) in [5.41, 5.74) is 5.24. The maximum Gasteiger partial charge on any atom is 0.259 e. The molecular weight excluding hydrogens is 477 g/mol. The molecule has 0 bridgehead atoms. The maximum atomic E-state index is 11.8. The Balaban J connectivity index is 1.52. The van der Waals surface area contributed by atoms with Gasteiger partial charge in [0, 0.05) is 19.8 Å². The van der Waals surface area contributed by atoms with Gasteiger partial charge in [0.05, 0.1) is 12.8 Å². The van der Waals surface area contributed by atoms with Crippen LogP contribution in [0.5, 0.6) is 0 Å². The lowest BCUT2D eigenvalue weighted by Crippen LogP contribution is -2.25. The van der Waals surface area contributed by atoms with Crippen molar-refractivity contribution in [3.05, 3.63) is 74.5 Å². The summed E-state index contributed by atoms with van der Waals surface area (Å²) in [4.78, 5) is 11.8. The third kappa shape index (κ3) is 5.58. The molecule has 3 rings (SSSR count). The Bertz CT molecular complexity index is 968. The lowest BCUT2D eigenvalue weighted by molar-refractivity contribution is -0.119. The highest BCUT2D eigenvalue weighted by Crippen LogP contribution is 2.26. The fraction of sp³-hybridized carbons (Fsp3) is 0.100. The summed E-state index contributed by atoms with van der Waals surface area (Å²) in [6.07, 6.45) is 1.46. The molecule has 5 nitrogen and oxygen atoms in total. The fourth-order valence-corrected chi connectivity index (χ4v) is 2.82. The molecule has 2 N–H and O–H groups in total. The number of amides is 1. The van der Waals surface area contributed by atoms with Crippen molar-refractivity contribution in [2.45, 2.75) is 6.92 Å². The van der Waals surface area contributed by atoms with Crippen LogP contribution in [-0.4, -0.2) is 18.7 Å². The Morgan fingerprint density at radius 1 is 1.19 bits per heavy atom. The van der Waals surface area contributed by atoms with Crippen molar-refractivity contribution in [1.29, 1.82) is 0 Å². The number of hydrogen-bond acceptors (Lipinski definition) is 4. The van der Waals surface area contributed by atoms with Crippen molar-refractivity contribution in [2.24, 2.45) is 5.10 Å². The summed E-state index contributed by atoms with van der Waals surface area (Å²) in [6, 6.07) is 17.1. The monoisotopic (exact) mass is 493 g/mol. The molecule has 0 aliphatic carbocycles. The van der Waals surface area contributed by atoms with Gasteiger partial charge in [-0.2, -0.15) is 5.10 Å². The number of anilines is 1. The third-order valence-corrected chi connectivity index (χ3v) is 4.89. The lowest BCUT2D eigenvalue weighted by Gasteiger charge is -2.04. The first-order valence-corrected chi connectivity index (χ1v) is 9.64. The molecule has 0 saturated heterocycles. The quantitative estimate of drug-likeness (QED) is 0.286. The van der Waals surface area contributed by atoms with Crippen LogP contribution in [0.2, 0.25) is 5.02 Å². The van der Waals surface area contributed by atoms with E-state index in [1.54, 1.807) is 6.07 Å². The van der Waals surface area contributed by atoms with Gasteiger partial charge in [0.25, 0.3) is 5.91 Å². The SMILES string of the molecule is Cc1ccc(-c2ccc(/C=N\NC(=O)CNc3ccc(I)cc3)o2)cc1Cl. The summed E-state index contributed by atoms with van der Waals surface area (Å²) < 4.78 is 6.85. The Hall–Kier alpha value is -2.32. The summed E-state index contributed by atoms with van der Waals surface area (Å²) in [5.74, 6) is 0.972. The first-order chi connectivity index (χ1) is 13.0. The van der Waals surface area contributed by atoms with Gasteiger partial charge in [0.1, 0.15) is 11.5 Å². The van der Waals surface area contributed by atoms with Crippen molar-refractivity contribution < 1.29 is 9.21 Å². The van der Waals surface area contributed by atoms with E-state index < -0.39 is 0 Å². The number of hydrazone groups is 1. The predicted molar refractivity (Wildman–Crippen MR) is 117 cm³/mol. The van der Waals surface area contributed by atoms with Crippen molar-refractivity contribution in [3.63, 3.8) is 0 Å². The highest BCUT2D eigenvalue weighted by molar-refractivity contribution is 14.1. The summed E-state index contributed by atoms with van der Waals surface area (Å²) in [5, 5.41) is 7.64. The van der Waals surface area contributed by atoms with E-state index in [1.165, 1.54) is 6.21 Å². The molecule has 0 aliphatic rings. The van der Waals surface area contributed by atoms with Crippen LogP contribution in [0.1, 0.15) is 11.3 Å². The Morgan fingerprint density at radius 3 is 2.70 bits per heavy atom. The molecule has 1 amide bonds. The van der Waals surface area contributed by atoms with Crippen LogP contribution in [0.4, 0.5) is 5.69 Å². The molecule has 0 aliphatic heterocycles. The second-order valence-electron chi connectivity index (χ2n) is 5.82. The Kier molecular flexibility index (Phi) is 6.52. The number of hydrogen-bond donors (Lipinski definition) is 2. The van der Waals surface area contributed by atoms with Gasteiger partial charge in [-0.05, 0) is 77.5 Å². The summed E-state index contributed by atoms with van der Waals surface area (Å²) >= 11 is 8.38. The van der Waals surface area contributed by atoms with E-state index in [-0.39, 0.29) is 12.5 Å². The number of carbonyl (C=O) groups is 1. The zero-order valence-corrected chi connectivity index (χ0v) is 17.4. The number of nitrogens with one attached hydrogen (secondary N) is 2. The molecule has 27 heavy (non-hydrogen) atoms. The molecular formula is C20H17ClIN3O2. The second kappa shape index (κ2) is 9.05. The highest BCUT2D eigenvalue weighted by atomic mass is 127. The van der Waals surface area contributed by atoms with Gasteiger partial charge in [0.15, 0.2) is 0 Å².